The second-order valence-corrected chi connectivity index (χ2v) is 24.7. The van der Waals surface area contributed by atoms with Gasteiger partial charge in [-0.1, -0.05) is 73.2 Å². The van der Waals surface area contributed by atoms with Crippen molar-refractivity contribution in [3.63, 3.8) is 0 Å². The lowest BCUT2D eigenvalue weighted by Crippen LogP contribution is -2.40. The number of carbonyl (C=O) groups excluding carboxylic acids is 1. The smallest absolute Gasteiger partial charge is 0.335 e. The minimum absolute atomic E-state index is 0. The Morgan fingerprint density at radius 3 is 1.22 bits per heavy atom. The van der Waals surface area contributed by atoms with Crippen molar-refractivity contribution >= 4 is 70.0 Å². The number of carboxylic acid groups (broad SMARTS) is 1. The Morgan fingerprint density at radius 1 is 0.732 bits per heavy atom. The average Bonchev–Trinajstić information content (AvgIpc) is 2.80. The topological polar surface area (TPSA) is 89.9 Å². The van der Waals surface area contributed by atoms with Crippen LogP contribution in [-0.2, 0) is 31.3 Å². The van der Waals surface area contributed by atoms with Crippen molar-refractivity contribution in [3.8, 4) is 0 Å². The van der Waals surface area contributed by atoms with E-state index in [1.807, 2.05) is 24.3 Å². The first kappa shape index (κ1) is 42.1. The quantitative estimate of drug-likeness (QED) is 0.220. The molecule has 12 heteroatoms. The molecule has 0 bridgehead atoms. The number of hydrogen-bond acceptors (Lipinski definition) is 5. The van der Waals surface area contributed by atoms with Crippen LogP contribution in [0.4, 0.5) is 0 Å². The van der Waals surface area contributed by atoms with E-state index in [-0.39, 0.29) is 17.5 Å². The molecule has 0 aromatic heterocycles. The number of benzene rings is 2. The van der Waals surface area contributed by atoms with Gasteiger partial charge in [-0.25, -0.2) is 9.00 Å². The van der Waals surface area contributed by atoms with Gasteiger partial charge in [-0.05, 0) is 83.3 Å². The van der Waals surface area contributed by atoms with Gasteiger partial charge in [-0.15, -0.1) is 0 Å². The molecule has 0 fully saturated rings. The molecule has 0 spiro atoms. The van der Waals surface area contributed by atoms with Crippen molar-refractivity contribution in [1.82, 2.24) is 0 Å². The molecule has 234 valence electrons. The zero-order valence-corrected chi connectivity index (χ0v) is 30.1. The van der Waals surface area contributed by atoms with E-state index >= 15 is 0 Å². The van der Waals surface area contributed by atoms with Gasteiger partial charge in [0.25, 0.3) is 5.24 Å². The molecular formula is C29H47Cl3O6SSi2. The van der Waals surface area contributed by atoms with Crippen LogP contribution in [-0.4, -0.2) is 37.2 Å². The summed E-state index contributed by atoms with van der Waals surface area (Å²) in [5, 5.41) is 8.79. The largest absolute Gasteiger partial charge is 0.478 e. The molecule has 0 radical (unpaired) electrons. The molecule has 0 saturated heterocycles. The molecule has 0 saturated carbocycles. The van der Waals surface area contributed by atoms with Gasteiger partial charge in [0.2, 0.25) is 9.23 Å². The number of hydrogen-bond donors (Lipinski definition) is 1. The summed E-state index contributed by atoms with van der Waals surface area (Å²) in [6, 6.07) is 14.1. The highest BCUT2D eigenvalue weighted by atomic mass is 36.0. The molecule has 6 nitrogen and oxygen atoms in total. The molecule has 0 aliphatic rings. The Balaban J connectivity index is 0. The van der Waals surface area contributed by atoms with E-state index in [2.05, 4.69) is 89.1 Å². The average molecular weight is 686 g/mol. The SMILES string of the molecule is C.CC(C)(C)[Si](C)(C)OCc1ccc(C(=O)Cl)cc1.CC(C)(C)[Si](C)(C)OCc1ccc(C(=O)O)cc1.O=S(Cl)Cl. The van der Waals surface area contributed by atoms with Crippen molar-refractivity contribution < 1.29 is 27.8 Å². The lowest BCUT2D eigenvalue weighted by atomic mass is 10.1. The fourth-order valence-corrected chi connectivity index (χ4v) is 4.48. The Morgan fingerprint density at radius 2 is 1.00 bits per heavy atom. The van der Waals surface area contributed by atoms with Gasteiger partial charge in [-0.2, -0.15) is 0 Å². The highest BCUT2D eigenvalue weighted by Gasteiger charge is 2.37. The number of carboxylic acids is 1. The number of aromatic carboxylic acids is 1. The second-order valence-electron chi connectivity index (χ2n) is 12.3. The summed E-state index contributed by atoms with van der Waals surface area (Å²) >= 11 is 5.40. The molecule has 0 aliphatic carbocycles. The first-order valence-corrected chi connectivity index (χ1v) is 21.6. The first-order chi connectivity index (χ1) is 18.0. The number of carbonyl (C=O) groups is 2. The van der Waals surface area contributed by atoms with Crippen LogP contribution < -0.4 is 0 Å². The predicted molar refractivity (Wildman–Crippen MR) is 181 cm³/mol. The van der Waals surface area contributed by atoms with E-state index in [1.165, 1.54) is 0 Å². The summed E-state index contributed by atoms with van der Waals surface area (Å²) in [7, 11) is 3.90. The molecule has 0 heterocycles. The summed E-state index contributed by atoms with van der Waals surface area (Å²) < 4.78 is 21.3. The summed E-state index contributed by atoms with van der Waals surface area (Å²) in [5.41, 5.74) is 2.92. The van der Waals surface area contributed by atoms with Crippen LogP contribution in [0.3, 0.4) is 0 Å². The minimum atomic E-state index is -1.74. The van der Waals surface area contributed by atoms with Crippen molar-refractivity contribution in [3.05, 3.63) is 70.8 Å². The lowest BCUT2D eigenvalue weighted by Gasteiger charge is -2.36. The minimum Gasteiger partial charge on any atom is -0.478 e. The van der Waals surface area contributed by atoms with E-state index in [4.69, 9.17) is 29.8 Å². The molecule has 0 aliphatic heterocycles. The molecule has 0 atom stereocenters. The summed E-state index contributed by atoms with van der Waals surface area (Å²) in [6.07, 6.45) is 0. The van der Waals surface area contributed by atoms with E-state index in [0.717, 1.165) is 11.1 Å². The normalized spacial score (nSPS) is 11.9. The fraction of sp³-hybridized carbons (Fsp3) is 0.517. The summed E-state index contributed by atoms with van der Waals surface area (Å²) in [5.74, 6) is -0.896. The Hall–Kier alpha value is -1.05. The Labute approximate surface area is 265 Å². The molecule has 1 N–H and O–H groups in total. The van der Waals surface area contributed by atoms with Crippen molar-refractivity contribution in [1.29, 1.82) is 0 Å². The van der Waals surface area contributed by atoms with Gasteiger partial charge in [0.15, 0.2) is 16.6 Å². The van der Waals surface area contributed by atoms with E-state index in [1.54, 1.807) is 24.3 Å². The highest BCUT2D eigenvalue weighted by Crippen LogP contribution is 2.38. The van der Waals surface area contributed by atoms with Gasteiger partial charge in [0.05, 0.1) is 18.8 Å². The third-order valence-electron chi connectivity index (χ3n) is 7.19. The zero-order chi connectivity index (χ0) is 31.5. The molecular weight excluding hydrogens is 639 g/mol. The van der Waals surface area contributed by atoms with Crippen LogP contribution in [0.15, 0.2) is 48.5 Å². The monoisotopic (exact) mass is 684 g/mol. The van der Waals surface area contributed by atoms with Crippen LogP contribution in [0.2, 0.25) is 36.3 Å². The van der Waals surface area contributed by atoms with Gasteiger partial charge in [0.1, 0.15) is 0 Å². The standard InChI is InChI=1S/C14H21ClO2Si.C14H22O3Si.CH4.Cl2OS/c2*1-14(2,3)18(4,5)17-10-11-6-8-12(9-7-11)13(15)16;;1-4(2)3/h6-9H,10H2,1-5H3;6-9H,10H2,1-5H3,(H,15,16);1H4;. The zero-order valence-electron chi connectivity index (χ0n) is 25.1. The summed E-state index contributed by atoms with van der Waals surface area (Å²) in [6.45, 7) is 23.3. The Kier molecular flexibility index (Phi) is 18.4. The van der Waals surface area contributed by atoms with Gasteiger partial charge >= 0.3 is 5.97 Å². The number of halogens is 3. The molecule has 2 rings (SSSR count). The molecule has 0 unspecified atom stereocenters. The van der Waals surface area contributed by atoms with Gasteiger partial charge in [0, 0.05) is 26.9 Å². The molecule has 2 aromatic rings. The maximum atomic E-state index is 10.9. The van der Waals surface area contributed by atoms with Crippen molar-refractivity contribution in [2.24, 2.45) is 0 Å². The lowest BCUT2D eigenvalue weighted by molar-refractivity contribution is 0.0696. The molecule has 0 amide bonds. The van der Waals surface area contributed by atoms with Crippen LogP contribution in [0.5, 0.6) is 0 Å². The van der Waals surface area contributed by atoms with E-state index in [0.29, 0.717) is 24.3 Å². The fourth-order valence-electron chi connectivity index (χ4n) is 2.44. The van der Waals surface area contributed by atoms with Crippen molar-refractivity contribution in [2.45, 2.75) is 98.4 Å². The number of rotatable bonds is 8. The third-order valence-corrected chi connectivity index (χ3v) is 16.4. The van der Waals surface area contributed by atoms with Crippen LogP contribution in [0.25, 0.3) is 0 Å². The van der Waals surface area contributed by atoms with E-state index in [9.17, 15) is 9.59 Å². The van der Waals surface area contributed by atoms with Crippen LogP contribution in [0.1, 0.15) is 80.8 Å². The van der Waals surface area contributed by atoms with Crippen molar-refractivity contribution in [2.75, 3.05) is 0 Å². The molecule has 2 aromatic carbocycles. The Bertz CT molecular complexity index is 1020. The highest BCUT2D eigenvalue weighted by molar-refractivity contribution is 8.26. The first-order valence-electron chi connectivity index (χ1n) is 12.6. The third kappa shape index (κ3) is 16.4. The second kappa shape index (κ2) is 17.9. The maximum Gasteiger partial charge on any atom is 0.335 e. The van der Waals surface area contributed by atoms with Gasteiger partial charge < -0.3 is 14.0 Å². The van der Waals surface area contributed by atoms with Gasteiger partial charge in [-0.3, -0.25) is 4.79 Å². The van der Waals surface area contributed by atoms with Crippen LogP contribution >= 0.6 is 33.0 Å². The van der Waals surface area contributed by atoms with E-state index < -0.39 is 37.1 Å². The predicted octanol–water partition coefficient (Wildman–Crippen LogP) is 10.2. The van der Waals surface area contributed by atoms with Crippen LogP contribution in [0, 0.1) is 0 Å². The summed E-state index contributed by atoms with van der Waals surface area (Å²) in [4.78, 5) is 21.7. The maximum absolute atomic E-state index is 10.9. The molecule has 41 heavy (non-hydrogen) atoms.